The highest BCUT2D eigenvalue weighted by molar-refractivity contribution is 5.94. The van der Waals surface area contributed by atoms with Crippen LogP contribution in [0.3, 0.4) is 0 Å². The number of carbonyl (C=O) groups excluding carboxylic acids is 2. The molecule has 0 unspecified atom stereocenters. The topological polar surface area (TPSA) is 57.9 Å². The van der Waals surface area contributed by atoms with Gasteiger partial charge in [0, 0.05) is 18.9 Å². The van der Waals surface area contributed by atoms with Gasteiger partial charge in [0.2, 0.25) is 11.8 Å². The summed E-state index contributed by atoms with van der Waals surface area (Å²) in [5, 5.41) is 0. The second kappa shape index (κ2) is 5.79. The third kappa shape index (κ3) is 2.56. The minimum atomic E-state index is -0.433. The van der Waals surface area contributed by atoms with E-state index in [1.165, 1.54) is 0 Å². The largest absolute Gasteiger partial charge is 0.332 e. The molecule has 1 aliphatic heterocycles. The van der Waals surface area contributed by atoms with E-state index in [0.717, 1.165) is 17.8 Å². The van der Waals surface area contributed by atoms with Crippen molar-refractivity contribution >= 4 is 17.5 Å². The SMILES string of the molecule is CCCN1CC(=O)N(Cc2cn3ccccc3n2)[C@H](C)C1=O. The zero-order chi connectivity index (χ0) is 15.7. The Kier molecular flexibility index (Phi) is 3.83. The molecule has 0 bridgehead atoms. The Labute approximate surface area is 129 Å². The van der Waals surface area contributed by atoms with Gasteiger partial charge in [-0.1, -0.05) is 13.0 Å². The number of fused-ring (bicyclic) bond motifs is 1. The van der Waals surface area contributed by atoms with Crippen molar-refractivity contribution in [3.63, 3.8) is 0 Å². The number of rotatable bonds is 4. The normalized spacial score (nSPS) is 19.3. The van der Waals surface area contributed by atoms with Crippen molar-refractivity contribution in [3.05, 3.63) is 36.3 Å². The molecule has 1 atom stereocenters. The van der Waals surface area contributed by atoms with Crippen LogP contribution in [-0.2, 0) is 16.1 Å². The first-order valence-electron chi connectivity index (χ1n) is 7.61. The Morgan fingerprint density at radius 3 is 2.86 bits per heavy atom. The molecule has 0 saturated carbocycles. The summed E-state index contributed by atoms with van der Waals surface area (Å²) >= 11 is 0. The van der Waals surface area contributed by atoms with Crippen LogP contribution in [0.5, 0.6) is 0 Å². The molecule has 0 aliphatic carbocycles. The Balaban J connectivity index is 1.79. The Hall–Kier alpha value is -2.37. The summed E-state index contributed by atoms with van der Waals surface area (Å²) in [6.07, 6.45) is 4.68. The fourth-order valence-corrected chi connectivity index (χ4v) is 2.87. The number of aromatic nitrogens is 2. The quantitative estimate of drug-likeness (QED) is 0.855. The highest BCUT2D eigenvalue weighted by Crippen LogP contribution is 2.16. The fraction of sp³-hybridized carbons (Fsp3) is 0.438. The second-order valence-electron chi connectivity index (χ2n) is 5.66. The summed E-state index contributed by atoms with van der Waals surface area (Å²) in [5.41, 5.74) is 1.64. The predicted molar refractivity (Wildman–Crippen MR) is 82.1 cm³/mol. The second-order valence-corrected chi connectivity index (χ2v) is 5.66. The molecule has 1 saturated heterocycles. The molecule has 6 nitrogen and oxygen atoms in total. The maximum absolute atomic E-state index is 12.4. The Morgan fingerprint density at radius 1 is 1.32 bits per heavy atom. The molecule has 116 valence electrons. The number of amides is 2. The number of carbonyl (C=O) groups is 2. The smallest absolute Gasteiger partial charge is 0.245 e. The van der Waals surface area contributed by atoms with E-state index in [1.807, 2.05) is 41.9 Å². The van der Waals surface area contributed by atoms with Gasteiger partial charge in [-0.3, -0.25) is 9.59 Å². The maximum atomic E-state index is 12.4. The van der Waals surface area contributed by atoms with Crippen molar-refractivity contribution in [1.82, 2.24) is 19.2 Å². The van der Waals surface area contributed by atoms with Crippen LogP contribution < -0.4 is 0 Å². The molecule has 2 aromatic heterocycles. The van der Waals surface area contributed by atoms with Crippen molar-refractivity contribution in [2.24, 2.45) is 0 Å². The van der Waals surface area contributed by atoms with Gasteiger partial charge >= 0.3 is 0 Å². The van der Waals surface area contributed by atoms with E-state index in [0.29, 0.717) is 13.1 Å². The molecule has 0 spiro atoms. The standard InChI is InChI=1S/C16H20N4O2/c1-3-7-19-11-15(21)20(12(2)16(19)22)10-13-9-18-8-5-4-6-14(18)17-13/h4-6,8-9,12H,3,7,10-11H2,1-2H3/t12-/m1/s1. The van der Waals surface area contributed by atoms with E-state index in [2.05, 4.69) is 4.98 Å². The van der Waals surface area contributed by atoms with E-state index in [4.69, 9.17) is 0 Å². The van der Waals surface area contributed by atoms with Crippen LogP contribution in [0.15, 0.2) is 30.6 Å². The number of pyridine rings is 1. The molecule has 1 aliphatic rings. The molecule has 3 rings (SSSR count). The van der Waals surface area contributed by atoms with Crippen LogP contribution in [0.2, 0.25) is 0 Å². The summed E-state index contributed by atoms with van der Waals surface area (Å²) < 4.78 is 1.92. The summed E-state index contributed by atoms with van der Waals surface area (Å²) in [6.45, 7) is 4.97. The number of hydrogen-bond acceptors (Lipinski definition) is 3. The van der Waals surface area contributed by atoms with Gasteiger partial charge in [0.1, 0.15) is 11.7 Å². The van der Waals surface area contributed by atoms with Crippen molar-refractivity contribution in [1.29, 1.82) is 0 Å². The molecule has 3 heterocycles. The maximum Gasteiger partial charge on any atom is 0.245 e. The summed E-state index contributed by atoms with van der Waals surface area (Å²) in [5.74, 6) is 0.00261. The first-order valence-corrected chi connectivity index (χ1v) is 7.61. The van der Waals surface area contributed by atoms with Crippen molar-refractivity contribution in [3.8, 4) is 0 Å². The lowest BCUT2D eigenvalue weighted by atomic mass is 10.1. The van der Waals surface area contributed by atoms with Gasteiger partial charge in [0.25, 0.3) is 0 Å². The number of piperazine rings is 1. The summed E-state index contributed by atoms with van der Waals surface area (Å²) in [6, 6.07) is 5.34. The highest BCUT2D eigenvalue weighted by Gasteiger charge is 2.36. The lowest BCUT2D eigenvalue weighted by molar-refractivity contribution is -0.155. The molecule has 0 N–H and O–H groups in total. The van der Waals surface area contributed by atoms with Crippen LogP contribution in [0, 0.1) is 0 Å². The Bertz CT molecular complexity index is 676. The molecule has 0 aromatic carbocycles. The molecule has 2 amide bonds. The van der Waals surface area contributed by atoms with Gasteiger partial charge in [-0.15, -0.1) is 0 Å². The van der Waals surface area contributed by atoms with E-state index in [1.54, 1.807) is 16.7 Å². The molecule has 2 aromatic rings. The van der Waals surface area contributed by atoms with Crippen LogP contribution in [0.1, 0.15) is 26.0 Å². The summed E-state index contributed by atoms with van der Waals surface area (Å²) in [4.78, 5) is 32.5. The van der Waals surface area contributed by atoms with Crippen LogP contribution >= 0.6 is 0 Å². The monoisotopic (exact) mass is 300 g/mol. The third-order valence-corrected chi connectivity index (χ3v) is 4.02. The number of nitrogens with zero attached hydrogens (tertiary/aromatic N) is 4. The molecule has 1 fully saturated rings. The molecular weight excluding hydrogens is 280 g/mol. The average molecular weight is 300 g/mol. The molecule has 22 heavy (non-hydrogen) atoms. The first-order chi connectivity index (χ1) is 10.6. The fourth-order valence-electron chi connectivity index (χ4n) is 2.87. The van der Waals surface area contributed by atoms with E-state index < -0.39 is 6.04 Å². The lowest BCUT2D eigenvalue weighted by Gasteiger charge is -2.38. The lowest BCUT2D eigenvalue weighted by Crippen LogP contribution is -2.58. The third-order valence-electron chi connectivity index (χ3n) is 4.02. The number of hydrogen-bond donors (Lipinski definition) is 0. The van der Waals surface area contributed by atoms with Gasteiger partial charge in [0.15, 0.2) is 0 Å². The van der Waals surface area contributed by atoms with Crippen molar-refractivity contribution in [2.75, 3.05) is 13.1 Å². The van der Waals surface area contributed by atoms with Gasteiger partial charge in [-0.2, -0.15) is 0 Å². The average Bonchev–Trinajstić information content (AvgIpc) is 2.92. The van der Waals surface area contributed by atoms with Gasteiger partial charge in [-0.25, -0.2) is 4.98 Å². The van der Waals surface area contributed by atoms with Crippen LogP contribution in [-0.4, -0.2) is 50.1 Å². The van der Waals surface area contributed by atoms with Crippen molar-refractivity contribution < 1.29 is 9.59 Å². The van der Waals surface area contributed by atoms with Crippen LogP contribution in [0.4, 0.5) is 0 Å². The zero-order valence-corrected chi connectivity index (χ0v) is 12.9. The molecule has 6 heteroatoms. The first kappa shape index (κ1) is 14.6. The summed E-state index contributed by atoms with van der Waals surface area (Å²) in [7, 11) is 0. The minimum absolute atomic E-state index is 0.0161. The minimum Gasteiger partial charge on any atom is -0.332 e. The van der Waals surface area contributed by atoms with E-state index >= 15 is 0 Å². The zero-order valence-electron chi connectivity index (χ0n) is 12.9. The molecule has 0 radical (unpaired) electrons. The number of imidazole rings is 1. The van der Waals surface area contributed by atoms with Gasteiger partial charge in [-0.05, 0) is 25.5 Å². The highest BCUT2D eigenvalue weighted by atomic mass is 16.2. The van der Waals surface area contributed by atoms with E-state index in [-0.39, 0.29) is 18.4 Å². The van der Waals surface area contributed by atoms with E-state index in [9.17, 15) is 9.59 Å². The van der Waals surface area contributed by atoms with Crippen molar-refractivity contribution in [2.45, 2.75) is 32.9 Å². The van der Waals surface area contributed by atoms with Gasteiger partial charge < -0.3 is 14.2 Å². The molecular formula is C16H20N4O2. The Morgan fingerprint density at radius 2 is 2.14 bits per heavy atom. The predicted octanol–water partition coefficient (Wildman–Crippen LogP) is 1.30. The van der Waals surface area contributed by atoms with Gasteiger partial charge in [0.05, 0.1) is 18.8 Å². The van der Waals surface area contributed by atoms with Crippen LogP contribution in [0.25, 0.3) is 5.65 Å².